The lowest BCUT2D eigenvalue weighted by Gasteiger charge is -2.06. The Balaban J connectivity index is 2.07. The van der Waals surface area contributed by atoms with Crippen LogP contribution in [-0.2, 0) is 0 Å². The van der Waals surface area contributed by atoms with Gasteiger partial charge in [-0.3, -0.25) is 4.79 Å². The van der Waals surface area contributed by atoms with Crippen molar-refractivity contribution in [3.8, 4) is 5.75 Å². The Hall–Kier alpha value is -2.60. The molecule has 0 saturated heterocycles. The van der Waals surface area contributed by atoms with Crippen LogP contribution in [0, 0.1) is 0 Å². The summed E-state index contributed by atoms with van der Waals surface area (Å²) in [7, 11) is 0. The molecule has 2 amide bonds. The molecule has 0 aliphatic rings. The van der Waals surface area contributed by atoms with Gasteiger partial charge < -0.3 is 15.7 Å². The smallest absolute Gasteiger partial charge is 0.323 e. The molecule has 1 heterocycles. The van der Waals surface area contributed by atoms with Crippen molar-refractivity contribution in [1.29, 1.82) is 0 Å². The Bertz CT molecular complexity index is 689. The molecule has 102 valence electrons. The number of nitrogens with zero attached hydrogens (tertiary/aromatic N) is 1. The highest BCUT2D eigenvalue weighted by molar-refractivity contribution is 6.29. The number of rotatable bonds is 2. The van der Waals surface area contributed by atoms with Crippen LogP contribution in [0.5, 0.6) is 5.75 Å². The van der Waals surface area contributed by atoms with Crippen molar-refractivity contribution in [3.05, 3.63) is 58.0 Å². The summed E-state index contributed by atoms with van der Waals surface area (Å²) in [6, 6.07) is 7.81. The summed E-state index contributed by atoms with van der Waals surface area (Å²) >= 11 is 5.63. The zero-order chi connectivity index (χ0) is 14.5. The fraction of sp³-hybridized carbons (Fsp3) is 0. The molecule has 0 saturated carbocycles. The van der Waals surface area contributed by atoms with Gasteiger partial charge in [-0.1, -0.05) is 11.6 Å². The Kier molecular flexibility index (Phi) is 4.17. The first kappa shape index (κ1) is 13.8. The van der Waals surface area contributed by atoms with Crippen LogP contribution in [0.1, 0.15) is 0 Å². The van der Waals surface area contributed by atoms with Gasteiger partial charge in [-0.2, -0.15) is 0 Å². The topological polar surface area (TPSA) is 91.3 Å². The summed E-state index contributed by atoms with van der Waals surface area (Å²) in [4.78, 5) is 26.7. The van der Waals surface area contributed by atoms with E-state index < -0.39 is 11.5 Å². The molecule has 0 unspecified atom stereocenters. The minimum Gasteiger partial charge on any atom is -0.504 e. The molecule has 1 aromatic carbocycles. The summed E-state index contributed by atoms with van der Waals surface area (Å²) in [5.41, 5.74) is 0.307. The maximum absolute atomic E-state index is 11.7. The largest absolute Gasteiger partial charge is 0.504 e. The molecule has 0 bridgehead atoms. The van der Waals surface area contributed by atoms with E-state index in [0.717, 1.165) is 6.07 Å². The van der Waals surface area contributed by atoms with Gasteiger partial charge in [0.1, 0.15) is 5.15 Å². The summed E-state index contributed by atoms with van der Waals surface area (Å²) in [5, 5.41) is 14.6. The Morgan fingerprint density at radius 1 is 1.05 bits per heavy atom. The van der Waals surface area contributed by atoms with Gasteiger partial charge in [-0.15, -0.1) is 0 Å². The zero-order valence-corrected chi connectivity index (χ0v) is 10.9. The number of carbonyl (C=O) groups excluding carboxylic acids is 1. The Labute approximate surface area is 119 Å². The second kappa shape index (κ2) is 6.03. The van der Waals surface area contributed by atoms with Crippen LogP contribution in [0.3, 0.4) is 0 Å². The number of urea groups is 1. The van der Waals surface area contributed by atoms with E-state index in [1.165, 1.54) is 24.4 Å². The molecule has 0 aliphatic heterocycles. The van der Waals surface area contributed by atoms with Crippen molar-refractivity contribution in [1.82, 2.24) is 4.98 Å². The molecule has 0 spiro atoms. The molecular formula is C13H10ClN3O3. The number of hydrogen-bond donors (Lipinski definition) is 3. The van der Waals surface area contributed by atoms with Gasteiger partial charge in [-0.25, -0.2) is 9.78 Å². The summed E-state index contributed by atoms with van der Waals surface area (Å²) in [6.07, 6.45) is 1.41. The van der Waals surface area contributed by atoms with Gasteiger partial charge >= 0.3 is 6.03 Å². The Morgan fingerprint density at radius 3 is 2.40 bits per heavy atom. The number of halogens is 1. The maximum Gasteiger partial charge on any atom is 0.323 e. The maximum atomic E-state index is 11.7. The van der Waals surface area contributed by atoms with Crippen LogP contribution >= 0.6 is 11.6 Å². The number of pyridine rings is 1. The van der Waals surface area contributed by atoms with Gasteiger partial charge in [0.25, 0.3) is 0 Å². The van der Waals surface area contributed by atoms with Crippen LogP contribution in [0.4, 0.5) is 16.2 Å². The predicted molar refractivity (Wildman–Crippen MR) is 76.3 cm³/mol. The molecule has 7 heteroatoms. The number of carbonyl (C=O) groups is 1. The van der Waals surface area contributed by atoms with E-state index in [-0.39, 0.29) is 5.75 Å². The third-order valence-electron chi connectivity index (χ3n) is 2.33. The highest BCUT2D eigenvalue weighted by Crippen LogP contribution is 2.11. The zero-order valence-electron chi connectivity index (χ0n) is 10.1. The predicted octanol–water partition coefficient (Wildman–Crippen LogP) is 2.44. The summed E-state index contributed by atoms with van der Waals surface area (Å²) in [6.45, 7) is 0. The van der Waals surface area contributed by atoms with Gasteiger partial charge in [-0.05, 0) is 36.4 Å². The number of aromatic hydroxyl groups is 1. The Morgan fingerprint density at radius 2 is 1.70 bits per heavy atom. The molecule has 6 nitrogen and oxygen atoms in total. The minimum atomic E-state index is -0.527. The minimum absolute atomic E-state index is 0.324. The molecule has 20 heavy (non-hydrogen) atoms. The van der Waals surface area contributed by atoms with Crippen molar-refractivity contribution in [2.24, 2.45) is 0 Å². The van der Waals surface area contributed by atoms with Crippen LogP contribution in [0.25, 0.3) is 0 Å². The number of amides is 2. The molecule has 2 rings (SSSR count). The van der Waals surface area contributed by atoms with E-state index in [1.54, 1.807) is 12.1 Å². The van der Waals surface area contributed by atoms with E-state index >= 15 is 0 Å². The lowest BCUT2D eigenvalue weighted by molar-refractivity contribution is 0.262. The van der Waals surface area contributed by atoms with Crippen LogP contribution in [-0.4, -0.2) is 16.1 Å². The highest BCUT2D eigenvalue weighted by Gasteiger charge is 2.03. The quantitative estimate of drug-likeness (QED) is 0.741. The van der Waals surface area contributed by atoms with E-state index in [1.807, 2.05) is 0 Å². The third-order valence-corrected chi connectivity index (χ3v) is 2.55. The van der Waals surface area contributed by atoms with E-state index in [9.17, 15) is 14.7 Å². The first-order chi connectivity index (χ1) is 9.54. The highest BCUT2D eigenvalue weighted by atomic mass is 35.5. The fourth-order valence-electron chi connectivity index (χ4n) is 1.38. The van der Waals surface area contributed by atoms with E-state index in [2.05, 4.69) is 15.6 Å². The van der Waals surface area contributed by atoms with Crippen molar-refractivity contribution in [3.63, 3.8) is 0 Å². The monoisotopic (exact) mass is 291 g/mol. The van der Waals surface area contributed by atoms with Gasteiger partial charge in [0.05, 0.1) is 11.9 Å². The fourth-order valence-corrected chi connectivity index (χ4v) is 1.50. The van der Waals surface area contributed by atoms with Crippen LogP contribution < -0.4 is 16.1 Å². The molecule has 0 radical (unpaired) electrons. The van der Waals surface area contributed by atoms with Gasteiger partial charge in [0.15, 0.2) is 5.75 Å². The average molecular weight is 292 g/mol. The lowest BCUT2D eigenvalue weighted by atomic mass is 10.4. The lowest BCUT2D eigenvalue weighted by Crippen LogP contribution is -2.19. The number of aromatic nitrogens is 1. The molecule has 0 fully saturated rings. The normalized spacial score (nSPS) is 9.85. The van der Waals surface area contributed by atoms with Crippen molar-refractivity contribution >= 4 is 29.0 Å². The van der Waals surface area contributed by atoms with Crippen LogP contribution in [0.2, 0.25) is 5.15 Å². The molecule has 0 atom stereocenters. The van der Waals surface area contributed by atoms with Gasteiger partial charge in [0.2, 0.25) is 5.43 Å². The summed E-state index contributed by atoms with van der Waals surface area (Å²) < 4.78 is 0. The van der Waals surface area contributed by atoms with Gasteiger partial charge in [0, 0.05) is 5.69 Å². The standard InChI is InChI=1S/C13H10ClN3O3/c14-12-6-3-9(7-15-12)17-13(20)16-8-1-4-10(18)11(19)5-2-8/h1-7H,(H,18,19)(H2,16,17,20). The number of anilines is 2. The van der Waals surface area contributed by atoms with E-state index in [4.69, 9.17) is 11.6 Å². The third kappa shape index (κ3) is 3.69. The second-order valence-corrected chi connectivity index (χ2v) is 4.21. The molecular weight excluding hydrogens is 282 g/mol. The average Bonchev–Trinajstić information content (AvgIpc) is 2.57. The van der Waals surface area contributed by atoms with Crippen LogP contribution in [0.15, 0.2) is 47.4 Å². The SMILES string of the molecule is O=C(Nc1ccc(O)c(=O)cc1)Nc1ccc(Cl)nc1. The summed E-state index contributed by atoms with van der Waals surface area (Å²) in [5.74, 6) is -0.389. The number of nitrogens with one attached hydrogen (secondary N) is 2. The van der Waals surface area contributed by atoms with Crippen molar-refractivity contribution in [2.45, 2.75) is 0 Å². The van der Waals surface area contributed by atoms with Crippen molar-refractivity contribution in [2.75, 3.05) is 10.6 Å². The first-order valence-electron chi connectivity index (χ1n) is 5.57. The second-order valence-electron chi connectivity index (χ2n) is 3.82. The molecule has 3 N–H and O–H groups in total. The van der Waals surface area contributed by atoms with E-state index in [0.29, 0.717) is 16.5 Å². The number of hydrogen-bond acceptors (Lipinski definition) is 4. The molecule has 2 aromatic rings. The van der Waals surface area contributed by atoms with Crippen molar-refractivity contribution < 1.29 is 9.90 Å². The molecule has 1 aromatic heterocycles. The molecule has 0 aliphatic carbocycles. The first-order valence-corrected chi connectivity index (χ1v) is 5.95.